The Morgan fingerprint density at radius 2 is 2.16 bits per heavy atom. The number of hydrogen-bond donors (Lipinski definition) is 2. The zero-order chi connectivity index (χ0) is 18.0. The molecule has 3 rings (SSSR count). The Labute approximate surface area is 159 Å². The van der Waals surface area contributed by atoms with Crippen LogP contribution in [0.5, 0.6) is 0 Å². The third kappa shape index (κ3) is 3.84. The van der Waals surface area contributed by atoms with Gasteiger partial charge in [-0.1, -0.05) is 29.8 Å². The molecule has 0 fully saturated rings. The number of aromatic amines is 1. The molecule has 0 spiro atoms. The molecule has 0 aliphatic carbocycles. The van der Waals surface area contributed by atoms with Gasteiger partial charge < -0.3 is 5.32 Å². The number of carbonyl (C=O) groups is 1. The lowest BCUT2D eigenvalue weighted by Gasteiger charge is -2.19. The van der Waals surface area contributed by atoms with Crippen molar-refractivity contribution in [3.63, 3.8) is 0 Å². The van der Waals surface area contributed by atoms with E-state index in [1.165, 1.54) is 0 Å². The summed E-state index contributed by atoms with van der Waals surface area (Å²) in [6, 6.07) is 10.7. The molecule has 2 atom stereocenters. The molecular weight excluding hydrogens is 376 g/mol. The van der Waals surface area contributed by atoms with Gasteiger partial charge in [-0.15, -0.1) is 11.3 Å². The molecule has 1 amide bonds. The summed E-state index contributed by atoms with van der Waals surface area (Å²) in [5.41, 5.74) is 0.947. The van der Waals surface area contributed by atoms with E-state index in [-0.39, 0.29) is 11.9 Å². The van der Waals surface area contributed by atoms with Crippen LogP contribution < -0.4 is 5.32 Å². The van der Waals surface area contributed by atoms with Gasteiger partial charge in [-0.2, -0.15) is 5.10 Å². The van der Waals surface area contributed by atoms with Gasteiger partial charge in [0.1, 0.15) is 6.04 Å². The van der Waals surface area contributed by atoms with Crippen LogP contribution in [0.2, 0.25) is 5.02 Å². The normalized spacial score (nSPS) is 13.4. The summed E-state index contributed by atoms with van der Waals surface area (Å²) in [5.74, 6) is 0.529. The number of amides is 1. The van der Waals surface area contributed by atoms with Crippen LogP contribution in [0.4, 0.5) is 0 Å². The van der Waals surface area contributed by atoms with Gasteiger partial charge in [-0.25, -0.2) is 0 Å². The monoisotopic (exact) mass is 392 g/mol. The second-order valence-electron chi connectivity index (χ2n) is 5.66. The van der Waals surface area contributed by atoms with Crippen LogP contribution in [0.3, 0.4) is 0 Å². The van der Waals surface area contributed by atoms with Crippen molar-refractivity contribution in [2.45, 2.75) is 25.9 Å². The third-order valence-electron chi connectivity index (χ3n) is 3.92. The predicted molar refractivity (Wildman–Crippen MR) is 103 cm³/mol. The van der Waals surface area contributed by atoms with E-state index in [1.54, 1.807) is 22.0 Å². The Kier molecular flexibility index (Phi) is 5.36. The average Bonchev–Trinajstić information content (AvgIpc) is 3.23. The zero-order valence-corrected chi connectivity index (χ0v) is 16.1. The van der Waals surface area contributed by atoms with E-state index < -0.39 is 6.04 Å². The fourth-order valence-electron chi connectivity index (χ4n) is 2.55. The van der Waals surface area contributed by atoms with E-state index in [2.05, 4.69) is 15.5 Å². The van der Waals surface area contributed by atoms with Crippen molar-refractivity contribution in [1.82, 2.24) is 20.1 Å². The maximum absolute atomic E-state index is 12.7. The Bertz CT molecular complexity index is 932. The molecule has 0 saturated carbocycles. The first-order chi connectivity index (χ1) is 12.0. The molecule has 0 radical (unpaired) electrons. The van der Waals surface area contributed by atoms with Crippen molar-refractivity contribution < 1.29 is 4.79 Å². The van der Waals surface area contributed by atoms with Crippen LogP contribution in [0, 0.1) is 4.77 Å². The van der Waals surface area contributed by atoms with Crippen molar-refractivity contribution in [3.05, 3.63) is 57.1 Å². The van der Waals surface area contributed by atoms with Gasteiger partial charge in [0.25, 0.3) is 0 Å². The molecule has 2 heterocycles. The smallest absolute Gasteiger partial charge is 0.243 e. The van der Waals surface area contributed by atoms with Crippen LogP contribution >= 0.6 is 35.2 Å². The maximum atomic E-state index is 12.7. The Balaban J connectivity index is 1.82. The van der Waals surface area contributed by atoms with Gasteiger partial charge in [-0.3, -0.25) is 14.5 Å². The van der Waals surface area contributed by atoms with Crippen molar-refractivity contribution in [2.75, 3.05) is 0 Å². The van der Waals surface area contributed by atoms with Crippen molar-refractivity contribution in [3.8, 4) is 10.7 Å². The highest BCUT2D eigenvalue weighted by atomic mass is 35.5. The summed E-state index contributed by atoms with van der Waals surface area (Å²) in [4.78, 5) is 13.7. The van der Waals surface area contributed by atoms with Crippen LogP contribution in [-0.4, -0.2) is 20.7 Å². The third-order valence-corrected chi connectivity index (χ3v) is 5.31. The van der Waals surface area contributed by atoms with Crippen LogP contribution in [0.1, 0.15) is 31.5 Å². The number of halogens is 1. The number of nitrogens with zero attached hydrogens (tertiary/aromatic N) is 2. The van der Waals surface area contributed by atoms with Crippen molar-refractivity contribution in [2.24, 2.45) is 0 Å². The highest BCUT2D eigenvalue weighted by molar-refractivity contribution is 7.71. The lowest BCUT2D eigenvalue weighted by Crippen LogP contribution is -2.33. The Hall–Kier alpha value is -1.96. The first kappa shape index (κ1) is 17.8. The zero-order valence-electron chi connectivity index (χ0n) is 13.7. The SMILES string of the molecule is C[C@H](NC(=O)[C@H](C)n1c(-c2cccs2)n[nH]c1=S)c1cccc(Cl)c1. The second kappa shape index (κ2) is 7.51. The van der Waals surface area contributed by atoms with E-state index in [9.17, 15) is 4.79 Å². The highest BCUT2D eigenvalue weighted by Gasteiger charge is 2.22. The molecule has 130 valence electrons. The standard InChI is InChI=1S/C17H17ClN4OS2/c1-10(12-5-3-6-13(18)9-12)19-16(23)11(2)22-15(20-21-17(22)24)14-7-4-8-25-14/h3-11H,1-2H3,(H,19,23)(H,21,24)/t10-,11-/m0/s1. The van der Waals surface area contributed by atoms with E-state index in [1.807, 2.05) is 49.6 Å². The number of hydrogen-bond acceptors (Lipinski definition) is 4. The molecule has 8 heteroatoms. The first-order valence-electron chi connectivity index (χ1n) is 7.74. The predicted octanol–water partition coefficient (Wildman–Crippen LogP) is 4.76. The van der Waals surface area contributed by atoms with Crippen LogP contribution in [0.25, 0.3) is 10.7 Å². The van der Waals surface area contributed by atoms with E-state index in [0.29, 0.717) is 15.6 Å². The number of thiophene rings is 1. The topological polar surface area (TPSA) is 62.7 Å². The first-order valence-corrected chi connectivity index (χ1v) is 9.40. The molecule has 0 aliphatic heterocycles. The summed E-state index contributed by atoms with van der Waals surface area (Å²) < 4.78 is 2.16. The lowest BCUT2D eigenvalue weighted by molar-refractivity contribution is -0.124. The number of aromatic nitrogens is 3. The Morgan fingerprint density at radius 3 is 2.84 bits per heavy atom. The molecule has 0 aliphatic rings. The number of rotatable bonds is 5. The lowest BCUT2D eigenvalue weighted by atomic mass is 10.1. The highest BCUT2D eigenvalue weighted by Crippen LogP contribution is 2.26. The molecular formula is C17H17ClN4OS2. The summed E-state index contributed by atoms with van der Waals surface area (Å²) in [7, 11) is 0. The molecule has 0 unspecified atom stereocenters. The number of carbonyl (C=O) groups excluding carboxylic acids is 1. The summed E-state index contributed by atoms with van der Waals surface area (Å²) >= 11 is 12.9. The fraction of sp³-hybridized carbons (Fsp3) is 0.235. The summed E-state index contributed by atoms with van der Waals surface area (Å²) in [6.07, 6.45) is 0. The molecule has 25 heavy (non-hydrogen) atoms. The van der Waals surface area contributed by atoms with Gasteiger partial charge in [0, 0.05) is 5.02 Å². The molecule has 0 bridgehead atoms. The van der Waals surface area contributed by atoms with Crippen LogP contribution in [-0.2, 0) is 4.79 Å². The minimum Gasteiger partial charge on any atom is -0.348 e. The van der Waals surface area contributed by atoms with E-state index in [0.717, 1.165) is 10.4 Å². The van der Waals surface area contributed by atoms with Crippen molar-refractivity contribution >= 4 is 41.1 Å². The average molecular weight is 393 g/mol. The quantitative estimate of drug-likeness (QED) is 0.615. The molecule has 1 aromatic carbocycles. The number of nitrogens with one attached hydrogen (secondary N) is 2. The van der Waals surface area contributed by atoms with Gasteiger partial charge in [0.05, 0.1) is 10.9 Å². The van der Waals surface area contributed by atoms with Crippen molar-refractivity contribution in [1.29, 1.82) is 0 Å². The summed E-state index contributed by atoms with van der Waals surface area (Å²) in [5, 5.41) is 12.7. The van der Waals surface area contributed by atoms with Crippen LogP contribution in [0.15, 0.2) is 41.8 Å². The second-order valence-corrected chi connectivity index (χ2v) is 7.43. The minimum absolute atomic E-state index is 0.136. The molecule has 2 aromatic heterocycles. The molecule has 0 saturated heterocycles. The fourth-order valence-corrected chi connectivity index (χ4v) is 3.75. The van der Waals surface area contributed by atoms with Gasteiger partial charge in [0.15, 0.2) is 10.6 Å². The van der Waals surface area contributed by atoms with Gasteiger partial charge in [-0.05, 0) is 55.2 Å². The Morgan fingerprint density at radius 1 is 1.36 bits per heavy atom. The number of H-pyrrole nitrogens is 1. The molecule has 5 nitrogen and oxygen atoms in total. The van der Waals surface area contributed by atoms with Gasteiger partial charge in [0.2, 0.25) is 5.91 Å². The minimum atomic E-state index is -0.495. The largest absolute Gasteiger partial charge is 0.348 e. The molecule has 3 aromatic rings. The maximum Gasteiger partial charge on any atom is 0.243 e. The van der Waals surface area contributed by atoms with Gasteiger partial charge >= 0.3 is 0 Å². The molecule has 2 N–H and O–H groups in total. The summed E-state index contributed by atoms with van der Waals surface area (Å²) in [6.45, 7) is 3.73. The number of benzene rings is 1. The van der Waals surface area contributed by atoms with E-state index in [4.69, 9.17) is 23.8 Å². The van der Waals surface area contributed by atoms with E-state index >= 15 is 0 Å².